The van der Waals surface area contributed by atoms with Crippen molar-refractivity contribution in [2.45, 2.75) is 66.5 Å². The molecule has 0 radical (unpaired) electrons. The number of unbranched alkanes of at least 4 members (excludes halogenated alkanes) is 1. The summed E-state index contributed by atoms with van der Waals surface area (Å²) in [5.74, 6) is 1.01. The van der Waals surface area contributed by atoms with E-state index in [0.717, 1.165) is 42.8 Å². The molecule has 0 aliphatic rings. The van der Waals surface area contributed by atoms with E-state index in [1.54, 1.807) is 18.3 Å². The van der Waals surface area contributed by atoms with Gasteiger partial charge in [-0.25, -0.2) is 9.78 Å². The number of methoxy groups -OCH3 is 1. The molecule has 1 amide bonds. The minimum absolute atomic E-state index is 0.0142. The Morgan fingerprint density at radius 1 is 1.26 bits per heavy atom. The van der Waals surface area contributed by atoms with E-state index >= 15 is 0 Å². The summed E-state index contributed by atoms with van der Waals surface area (Å²) in [5, 5.41) is 3.53. The first-order chi connectivity index (χ1) is 16.7. The van der Waals surface area contributed by atoms with Crippen LogP contribution in [0.2, 0.25) is 5.02 Å². The van der Waals surface area contributed by atoms with Gasteiger partial charge in [0.15, 0.2) is 5.12 Å². The Bertz CT molecular complexity index is 1020. The van der Waals surface area contributed by atoms with Gasteiger partial charge in [-0.1, -0.05) is 56.6 Å². The third kappa shape index (κ3) is 9.00. The van der Waals surface area contributed by atoms with E-state index in [9.17, 15) is 14.4 Å². The van der Waals surface area contributed by atoms with Crippen LogP contribution in [0.5, 0.6) is 0 Å². The molecule has 7 nitrogen and oxygen atoms in total. The van der Waals surface area contributed by atoms with Gasteiger partial charge in [0.05, 0.1) is 37.7 Å². The van der Waals surface area contributed by atoms with E-state index in [1.807, 2.05) is 6.07 Å². The summed E-state index contributed by atoms with van der Waals surface area (Å²) < 4.78 is 6.85. The summed E-state index contributed by atoms with van der Waals surface area (Å²) in [7, 11) is 1.33. The van der Waals surface area contributed by atoms with Crippen LogP contribution in [0.4, 0.5) is 0 Å². The van der Waals surface area contributed by atoms with Crippen LogP contribution in [-0.2, 0) is 33.8 Å². The van der Waals surface area contributed by atoms with Gasteiger partial charge >= 0.3 is 5.97 Å². The molecule has 0 aliphatic carbocycles. The maximum atomic E-state index is 13.0. The number of thioether (sulfide) groups is 1. The van der Waals surface area contributed by atoms with Crippen molar-refractivity contribution in [2.24, 2.45) is 11.8 Å². The number of rotatable bonds is 13. The van der Waals surface area contributed by atoms with E-state index < -0.39 is 5.97 Å². The number of esters is 1. The van der Waals surface area contributed by atoms with Gasteiger partial charge in [-0.3, -0.25) is 9.59 Å². The largest absolute Gasteiger partial charge is 0.465 e. The lowest BCUT2D eigenvalue weighted by Gasteiger charge is -2.19. The fraction of sp³-hybridized carbons (Fsp3) is 0.538. The van der Waals surface area contributed by atoms with E-state index in [4.69, 9.17) is 16.3 Å². The molecule has 0 aliphatic heterocycles. The van der Waals surface area contributed by atoms with Crippen LogP contribution in [0, 0.1) is 11.8 Å². The van der Waals surface area contributed by atoms with Crippen molar-refractivity contribution < 1.29 is 19.1 Å². The molecule has 0 bridgehead atoms. The number of ether oxygens (including phenoxy) is 1. The minimum atomic E-state index is -0.438. The molecule has 1 aromatic heterocycles. The molecule has 0 spiro atoms. The monoisotopic (exact) mass is 521 g/mol. The van der Waals surface area contributed by atoms with Gasteiger partial charge < -0.3 is 14.6 Å². The lowest BCUT2D eigenvalue weighted by Crippen LogP contribution is -2.33. The zero-order valence-electron chi connectivity index (χ0n) is 21.2. The number of nitrogens with one attached hydrogen (secondary N) is 1. The third-order valence-corrected chi connectivity index (χ3v) is 6.96. The molecule has 0 fully saturated rings. The molecule has 9 heteroatoms. The Hall–Kier alpha value is -2.32. The lowest BCUT2D eigenvalue weighted by atomic mass is 9.98. The van der Waals surface area contributed by atoms with E-state index in [2.05, 4.69) is 35.6 Å². The molecule has 1 N–H and O–H groups in total. The highest BCUT2D eigenvalue weighted by molar-refractivity contribution is 8.13. The van der Waals surface area contributed by atoms with Gasteiger partial charge in [-0.15, -0.1) is 0 Å². The van der Waals surface area contributed by atoms with Crippen LogP contribution in [0.1, 0.15) is 74.4 Å². The summed E-state index contributed by atoms with van der Waals surface area (Å²) in [4.78, 5) is 40.8. The number of carbonyl (C=O) groups is 3. The lowest BCUT2D eigenvalue weighted by molar-refractivity contribution is -0.125. The highest BCUT2D eigenvalue weighted by atomic mass is 35.5. The molecule has 192 valence electrons. The maximum absolute atomic E-state index is 13.0. The number of aryl methyl sites for hydroxylation is 1. The number of hydrogen-bond donors (Lipinski definition) is 1. The average molecular weight is 522 g/mol. The predicted molar refractivity (Wildman–Crippen MR) is 141 cm³/mol. The van der Waals surface area contributed by atoms with Crippen LogP contribution < -0.4 is 5.32 Å². The normalized spacial score (nSPS) is 12.0. The number of hydrogen-bond acceptors (Lipinski definition) is 6. The number of imidazole rings is 1. The Morgan fingerprint density at radius 2 is 2.00 bits per heavy atom. The number of aromatic nitrogens is 2. The third-order valence-electron chi connectivity index (χ3n) is 5.64. The van der Waals surface area contributed by atoms with Gasteiger partial charge in [0.1, 0.15) is 5.82 Å². The van der Waals surface area contributed by atoms with Gasteiger partial charge in [0, 0.05) is 30.0 Å². The highest BCUT2D eigenvalue weighted by Gasteiger charge is 2.21. The number of nitrogens with zero attached hydrogens (tertiary/aromatic N) is 2. The minimum Gasteiger partial charge on any atom is -0.465 e. The summed E-state index contributed by atoms with van der Waals surface area (Å²) >= 11 is 7.68. The molecule has 1 aromatic carbocycles. The molecule has 0 saturated heterocycles. The van der Waals surface area contributed by atoms with Crippen LogP contribution in [0.15, 0.2) is 24.4 Å². The molecule has 1 unspecified atom stereocenters. The second-order valence-electron chi connectivity index (χ2n) is 9.00. The Morgan fingerprint density at radius 3 is 2.60 bits per heavy atom. The summed E-state index contributed by atoms with van der Waals surface area (Å²) in [6, 6.07) is 5.12. The first-order valence-corrected chi connectivity index (χ1v) is 13.3. The molecular formula is C26H36ClN3O4S. The Labute approximate surface area is 217 Å². The van der Waals surface area contributed by atoms with E-state index in [-0.39, 0.29) is 16.9 Å². The molecular weight excluding hydrogens is 486 g/mol. The Kier molecular flexibility index (Phi) is 11.8. The smallest absolute Gasteiger partial charge is 0.337 e. The van der Waals surface area contributed by atoms with Crippen molar-refractivity contribution in [3.8, 4) is 0 Å². The second-order valence-corrected chi connectivity index (χ2v) is 10.6. The number of carbonyl (C=O) groups excluding carboxylic acids is 3. The molecule has 35 heavy (non-hydrogen) atoms. The van der Waals surface area contributed by atoms with Gasteiger partial charge in [0.2, 0.25) is 5.91 Å². The van der Waals surface area contributed by atoms with Crippen molar-refractivity contribution in [3.05, 3.63) is 52.1 Å². The fourth-order valence-electron chi connectivity index (χ4n) is 3.77. The van der Waals surface area contributed by atoms with Crippen molar-refractivity contribution in [2.75, 3.05) is 12.9 Å². The molecule has 1 atom stereocenters. The number of benzene rings is 1. The zero-order chi connectivity index (χ0) is 26.0. The van der Waals surface area contributed by atoms with Crippen LogP contribution >= 0.6 is 23.4 Å². The zero-order valence-corrected chi connectivity index (χ0v) is 22.8. The molecule has 0 saturated carbocycles. The average Bonchev–Trinajstić information content (AvgIpc) is 3.20. The topological polar surface area (TPSA) is 90.3 Å². The van der Waals surface area contributed by atoms with Gasteiger partial charge in [-0.05, 0) is 36.5 Å². The highest BCUT2D eigenvalue weighted by Crippen LogP contribution is 2.22. The molecule has 1 heterocycles. The number of halogens is 1. The van der Waals surface area contributed by atoms with Crippen LogP contribution in [0.25, 0.3) is 0 Å². The first kappa shape index (κ1) is 28.9. The maximum Gasteiger partial charge on any atom is 0.337 e. The van der Waals surface area contributed by atoms with Crippen molar-refractivity contribution in [1.29, 1.82) is 0 Å². The molecule has 2 aromatic rings. The standard InChI is InChI=1S/C26H36ClN3O4S/c1-6-7-8-24-28-13-22(14-29-25(32)21(11-17(2)3)16-35-18(4)31)30(24)15-20-10-9-19(12-23(20)27)26(33)34-5/h9-10,12-13,17,21H,6-8,11,14-16H2,1-5H3,(H,29,32). The van der Waals surface area contributed by atoms with Gasteiger partial charge in [0.25, 0.3) is 0 Å². The van der Waals surface area contributed by atoms with Crippen LogP contribution in [0.3, 0.4) is 0 Å². The quantitative estimate of drug-likeness (QED) is 0.361. The summed E-state index contributed by atoms with van der Waals surface area (Å²) in [5.41, 5.74) is 2.11. The SMILES string of the molecule is CCCCc1ncc(CNC(=O)C(CSC(C)=O)CC(C)C)n1Cc1ccc(C(=O)OC)cc1Cl. The van der Waals surface area contributed by atoms with Crippen molar-refractivity contribution >= 4 is 40.4 Å². The van der Waals surface area contributed by atoms with E-state index in [0.29, 0.717) is 35.3 Å². The van der Waals surface area contributed by atoms with Gasteiger partial charge in [-0.2, -0.15) is 0 Å². The van der Waals surface area contributed by atoms with Crippen molar-refractivity contribution in [3.63, 3.8) is 0 Å². The second kappa shape index (κ2) is 14.3. The first-order valence-electron chi connectivity index (χ1n) is 12.0. The number of amides is 1. The fourth-order valence-corrected chi connectivity index (χ4v) is 4.74. The van der Waals surface area contributed by atoms with E-state index in [1.165, 1.54) is 25.8 Å². The van der Waals surface area contributed by atoms with Crippen molar-refractivity contribution in [1.82, 2.24) is 14.9 Å². The van der Waals surface area contributed by atoms with Crippen LogP contribution in [-0.4, -0.2) is 39.4 Å². The predicted octanol–water partition coefficient (Wildman–Crippen LogP) is 5.27. The molecule has 2 rings (SSSR count). The Balaban J connectivity index is 2.22. The summed E-state index contributed by atoms with van der Waals surface area (Å²) in [6.45, 7) is 8.60. The summed E-state index contributed by atoms with van der Waals surface area (Å²) in [6.07, 6.45) is 5.36.